The van der Waals surface area contributed by atoms with Crippen LogP contribution in [0.3, 0.4) is 0 Å². The lowest BCUT2D eigenvalue weighted by Crippen LogP contribution is -2.37. The topological polar surface area (TPSA) is 73.8 Å². The number of guanidine groups is 1. The summed E-state index contributed by atoms with van der Waals surface area (Å²) in [5.74, 6) is -0.00159. The number of fused-ring (bicyclic) bond motifs is 1. The highest BCUT2D eigenvalue weighted by atomic mass is 19.1. The van der Waals surface area contributed by atoms with E-state index in [0.29, 0.717) is 48.7 Å². The summed E-state index contributed by atoms with van der Waals surface area (Å²) >= 11 is 0. The molecular formula is C22H25FN4O2. The van der Waals surface area contributed by atoms with Crippen LogP contribution in [0.5, 0.6) is 0 Å². The van der Waals surface area contributed by atoms with Gasteiger partial charge in [-0.15, -0.1) is 0 Å². The summed E-state index contributed by atoms with van der Waals surface area (Å²) in [6, 6.07) is 11.9. The molecule has 2 aromatic carbocycles. The fraction of sp³-hybridized carbons (Fsp3) is 0.318. The first-order chi connectivity index (χ1) is 14.0. The van der Waals surface area contributed by atoms with Crippen molar-refractivity contribution in [3.63, 3.8) is 0 Å². The van der Waals surface area contributed by atoms with Crippen LogP contribution in [0, 0.1) is 12.7 Å². The number of imide groups is 1. The van der Waals surface area contributed by atoms with Crippen molar-refractivity contribution in [1.29, 1.82) is 0 Å². The third-order valence-corrected chi connectivity index (χ3v) is 4.89. The van der Waals surface area contributed by atoms with E-state index >= 15 is 0 Å². The van der Waals surface area contributed by atoms with Crippen LogP contribution < -0.4 is 10.6 Å². The van der Waals surface area contributed by atoms with Crippen molar-refractivity contribution in [3.05, 3.63) is 70.5 Å². The van der Waals surface area contributed by atoms with E-state index in [1.807, 2.05) is 0 Å². The molecule has 3 rings (SSSR count). The molecule has 1 aliphatic rings. The molecule has 0 aliphatic carbocycles. The van der Waals surface area contributed by atoms with Gasteiger partial charge in [0.25, 0.3) is 11.8 Å². The normalized spacial score (nSPS) is 13.6. The predicted octanol–water partition coefficient (Wildman–Crippen LogP) is 2.88. The van der Waals surface area contributed by atoms with E-state index in [2.05, 4.69) is 15.6 Å². The molecule has 2 aromatic rings. The minimum atomic E-state index is -0.217. The first-order valence-electron chi connectivity index (χ1n) is 9.66. The van der Waals surface area contributed by atoms with Gasteiger partial charge in [-0.1, -0.05) is 24.3 Å². The average molecular weight is 396 g/mol. The van der Waals surface area contributed by atoms with Crippen LogP contribution in [-0.2, 0) is 6.54 Å². The van der Waals surface area contributed by atoms with Gasteiger partial charge in [-0.3, -0.25) is 19.5 Å². The number of nitrogens with zero attached hydrogens (tertiary/aromatic N) is 2. The van der Waals surface area contributed by atoms with Crippen molar-refractivity contribution >= 4 is 17.8 Å². The van der Waals surface area contributed by atoms with Crippen molar-refractivity contribution in [3.8, 4) is 0 Å². The Labute approximate surface area is 169 Å². The van der Waals surface area contributed by atoms with Gasteiger partial charge < -0.3 is 10.6 Å². The number of benzene rings is 2. The molecule has 0 saturated carbocycles. The molecule has 0 saturated heterocycles. The van der Waals surface area contributed by atoms with E-state index in [9.17, 15) is 14.0 Å². The lowest BCUT2D eigenvalue weighted by atomic mass is 10.1. The quantitative estimate of drug-likeness (QED) is 0.327. The zero-order valence-corrected chi connectivity index (χ0v) is 16.7. The molecule has 0 atom stereocenters. The van der Waals surface area contributed by atoms with Crippen molar-refractivity contribution in [1.82, 2.24) is 15.5 Å². The molecule has 152 valence electrons. The Bertz CT molecular complexity index is 907. The van der Waals surface area contributed by atoms with Crippen molar-refractivity contribution < 1.29 is 14.0 Å². The second kappa shape index (κ2) is 9.32. The highest BCUT2D eigenvalue weighted by Gasteiger charge is 2.34. The highest BCUT2D eigenvalue weighted by molar-refractivity contribution is 6.21. The highest BCUT2D eigenvalue weighted by Crippen LogP contribution is 2.22. The molecular weight excluding hydrogens is 371 g/mol. The zero-order chi connectivity index (χ0) is 20.8. The summed E-state index contributed by atoms with van der Waals surface area (Å²) in [6.07, 6.45) is 1.48. The fourth-order valence-corrected chi connectivity index (χ4v) is 3.27. The third kappa shape index (κ3) is 4.80. The first kappa shape index (κ1) is 20.5. The Balaban J connectivity index is 1.39. The number of rotatable bonds is 7. The Morgan fingerprint density at radius 1 is 1.03 bits per heavy atom. The molecule has 1 aliphatic heterocycles. The van der Waals surface area contributed by atoms with Gasteiger partial charge in [0.2, 0.25) is 0 Å². The number of carbonyl (C=O) groups is 2. The van der Waals surface area contributed by atoms with Crippen molar-refractivity contribution in [2.45, 2.75) is 26.3 Å². The van der Waals surface area contributed by atoms with Gasteiger partial charge >= 0.3 is 0 Å². The van der Waals surface area contributed by atoms with Crippen LogP contribution in [-0.4, -0.2) is 42.8 Å². The second-order valence-electron chi connectivity index (χ2n) is 6.95. The molecule has 0 radical (unpaired) electrons. The number of carbonyl (C=O) groups excluding carboxylic acids is 2. The summed E-state index contributed by atoms with van der Waals surface area (Å²) in [4.78, 5) is 30.1. The fourth-order valence-electron chi connectivity index (χ4n) is 3.27. The number of hydrogen-bond acceptors (Lipinski definition) is 3. The van der Waals surface area contributed by atoms with Crippen LogP contribution in [0.2, 0.25) is 0 Å². The second-order valence-corrected chi connectivity index (χ2v) is 6.95. The Morgan fingerprint density at radius 2 is 1.72 bits per heavy atom. The van der Waals surface area contributed by atoms with Crippen molar-refractivity contribution in [2.75, 3.05) is 20.1 Å². The molecule has 0 unspecified atom stereocenters. The zero-order valence-electron chi connectivity index (χ0n) is 16.7. The minimum Gasteiger partial charge on any atom is -0.356 e. The maximum Gasteiger partial charge on any atom is 0.261 e. The minimum absolute atomic E-state index is 0.214. The first-order valence-corrected chi connectivity index (χ1v) is 9.66. The number of nitrogens with one attached hydrogen (secondary N) is 2. The number of aliphatic imine (C=N–C) groups is 1. The molecule has 6 nitrogen and oxygen atoms in total. The van der Waals surface area contributed by atoms with Crippen LogP contribution in [0.4, 0.5) is 4.39 Å². The number of hydrogen-bond donors (Lipinski definition) is 2. The molecule has 0 fully saturated rings. The van der Waals surface area contributed by atoms with Gasteiger partial charge in [-0.2, -0.15) is 0 Å². The molecule has 29 heavy (non-hydrogen) atoms. The molecule has 0 spiro atoms. The van der Waals surface area contributed by atoms with E-state index in [-0.39, 0.29) is 17.6 Å². The molecule has 2 amide bonds. The maximum atomic E-state index is 13.3. The van der Waals surface area contributed by atoms with Crippen molar-refractivity contribution in [2.24, 2.45) is 4.99 Å². The molecule has 0 bridgehead atoms. The number of aryl methyl sites for hydroxylation is 1. The largest absolute Gasteiger partial charge is 0.356 e. The molecule has 0 aromatic heterocycles. The van der Waals surface area contributed by atoms with E-state index in [4.69, 9.17) is 0 Å². The molecule has 2 N–H and O–H groups in total. The average Bonchev–Trinajstić information content (AvgIpc) is 2.97. The molecule has 1 heterocycles. The van der Waals surface area contributed by atoms with Crippen LogP contribution in [0.1, 0.15) is 44.7 Å². The summed E-state index contributed by atoms with van der Waals surface area (Å²) in [7, 11) is 1.68. The smallest absolute Gasteiger partial charge is 0.261 e. The van der Waals surface area contributed by atoms with Crippen LogP contribution in [0.25, 0.3) is 0 Å². The number of amides is 2. The third-order valence-electron chi connectivity index (χ3n) is 4.89. The van der Waals surface area contributed by atoms with Gasteiger partial charge in [0.05, 0.1) is 11.1 Å². The van der Waals surface area contributed by atoms with Gasteiger partial charge in [-0.25, -0.2) is 4.39 Å². The summed E-state index contributed by atoms with van der Waals surface area (Å²) in [5, 5.41) is 6.40. The lowest BCUT2D eigenvalue weighted by Gasteiger charge is -2.15. The Hall–Kier alpha value is -3.22. The Kier molecular flexibility index (Phi) is 6.59. The Morgan fingerprint density at radius 3 is 2.34 bits per heavy atom. The monoisotopic (exact) mass is 396 g/mol. The van der Waals surface area contributed by atoms with E-state index in [0.717, 1.165) is 12.0 Å². The van der Waals surface area contributed by atoms with Gasteiger partial charge in [-0.05, 0) is 49.1 Å². The van der Waals surface area contributed by atoms with Crippen LogP contribution >= 0.6 is 0 Å². The summed E-state index contributed by atoms with van der Waals surface area (Å²) in [5.41, 5.74) is 2.55. The summed E-state index contributed by atoms with van der Waals surface area (Å²) < 4.78 is 13.3. The summed E-state index contributed by atoms with van der Waals surface area (Å²) in [6.45, 7) is 3.33. The predicted molar refractivity (Wildman–Crippen MR) is 110 cm³/mol. The van der Waals surface area contributed by atoms with E-state index in [1.54, 1.807) is 50.4 Å². The molecule has 7 heteroatoms. The number of halogens is 1. The lowest BCUT2D eigenvalue weighted by molar-refractivity contribution is 0.0652. The maximum absolute atomic E-state index is 13.3. The SMILES string of the molecule is CN=C(NCCCCN1C(=O)c2ccccc2C1=O)NCc1ccc(F)c(C)c1. The van der Waals surface area contributed by atoms with E-state index in [1.165, 1.54) is 11.0 Å². The standard InChI is InChI=1S/C22H25FN4O2/c1-15-13-16(9-10-19(15)23)14-26-22(24-2)25-11-5-6-12-27-20(28)17-7-3-4-8-18(17)21(27)29/h3-4,7-10,13H,5-6,11-12,14H2,1-2H3,(H2,24,25,26). The van der Waals surface area contributed by atoms with Gasteiger partial charge in [0, 0.05) is 26.7 Å². The number of unbranched alkanes of at least 4 members (excludes halogenated alkanes) is 1. The van der Waals surface area contributed by atoms with Gasteiger partial charge in [0.15, 0.2) is 5.96 Å². The van der Waals surface area contributed by atoms with Gasteiger partial charge in [0.1, 0.15) is 5.82 Å². The van der Waals surface area contributed by atoms with Crippen LogP contribution in [0.15, 0.2) is 47.5 Å². The van der Waals surface area contributed by atoms with E-state index < -0.39 is 0 Å².